The number of rotatable bonds is 6. The van der Waals surface area contributed by atoms with Crippen LogP contribution in [0.15, 0.2) is 12.1 Å². The Morgan fingerprint density at radius 3 is 2.19 bits per heavy atom. The maximum Gasteiger partial charge on any atom is 0.125 e. The predicted molar refractivity (Wildman–Crippen MR) is 90.2 cm³/mol. The summed E-state index contributed by atoms with van der Waals surface area (Å²) in [6.07, 6.45) is 2.08. The van der Waals surface area contributed by atoms with E-state index < -0.39 is 0 Å². The zero-order valence-electron chi connectivity index (χ0n) is 14.8. The van der Waals surface area contributed by atoms with Crippen LogP contribution in [0.2, 0.25) is 0 Å². The Hall–Kier alpha value is -1.02. The third-order valence-corrected chi connectivity index (χ3v) is 3.82. The van der Waals surface area contributed by atoms with Gasteiger partial charge in [-0.15, -0.1) is 0 Å². The average Bonchev–Trinajstić information content (AvgIpc) is 2.33. The van der Waals surface area contributed by atoms with Crippen LogP contribution in [0.25, 0.3) is 0 Å². The lowest BCUT2D eigenvalue weighted by molar-refractivity contribution is 0.199. The van der Waals surface area contributed by atoms with Crippen molar-refractivity contribution in [1.82, 2.24) is 0 Å². The predicted octanol–water partition coefficient (Wildman–Crippen LogP) is 4.64. The first-order valence-corrected chi connectivity index (χ1v) is 7.98. The van der Waals surface area contributed by atoms with Crippen molar-refractivity contribution in [3.63, 3.8) is 0 Å². The maximum atomic E-state index is 8.97. The summed E-state index contributed by atoms with van der Waals surface area (Å²) in [6, 6.07) is 4.53. The summed E-state index contributed by atoms with van der Waals surface area (Å²) >= 11 is 0. The van der Waals surface area contributed by atoms with Crippen LogP contribution in [0, 0.1) is 12.3 Å². The Labute approximate surface area is 130 Å². The Balaban J connectivity index is 3.18. The van der Waals surface area contributed by atoms with Gasteiger partial charge in [0.25, 0.3) is 0 Å². The van der Waals surface area contributed by atoms with Gasteiger partial charge in [0.05, 0.1) is 6.61 Å². The molecule has 1 aromatic rings. The smallest absolute Gasteiger partial charge is 0.125 e. The Bertz CT molecular complexity index is 467. The molecule has 0 bridgehead atoms. The van der Waals surface area contributed by atoms with Gasteiger partial charge in [-0.2, -0.15) is 0 Å². The molecule has 0 fully saturated rings. The van der Waals surface area contributed by atoms with Gasteiger partial charge in [0.2, 0.25) is 0 Å². The molecule has 1 N–H and O–H groups in total. The van der Waals surface area contributed by atoms with Gasteiger partial charge >= 0.3 is 0 Å². The van der Waals surface area contributed by atoms with Gasteiger partial charge in [-0.25, -0.2) is 0 Å². The second kappa shape index (κ2) is 6.83. The minimum atomic E-state index is 0.0554. The summed E-state index contributed by atoms with van der Waals surface area (Å²) in [5, 5.41) is 8.97. The molecule has 120 valence electrons. The van der Waals surface area contributed by atoms with E-state index in [1.54, 1.807) is 0 Å². The molecule has 0 atom stereocenters. The molecule has 2 nitrogen and oxygen atoms in total. The summed E-state index contributed by atoms with van der Waals surface area (Å²) < 4.78 is 5.73. The van der Waals surface area contributed by atoms with E-state index in [2.05, 4.69) is 60.6 Å². The molecule has 0 spiro atoms. The number of aliphatic hydroxyl groups excluding tert-OH is 1. The van der Waals surface area contributed by atoms with Gasteiger partial charge < -0.3 is 9.84 Å². The lowest BCUT2D eigenvalue weighted by Gasteiger charge is -2.34. The van der Waals surface area contributed by atoms with Crippen LogP contribution in [0.5, 0.6) is 5.75 Å². The Morgan fingerprint density at radius 2 is 1.71 bits per heavy atom. The molecule has 1 rings (SSSR count). The zero-order chi connectivity index (χ0) is 16.3. The van der Waals surface area contributed by atoms with Crippen LogP contribution in [0.1, 0.15) is 64.7 Å². The van der Waals surface area contributed by atoms with Gasteiger partial charge in [-0.05, 0) is 47.3 Å². The highest BCUT2D eigenvalue weighted by Gasteiger charge is 2.28. The van der Waals surface area contributed by atoms with Gasteiger partial charge in [-0.3, -0.25) is 0 Å². The molecule has 0 aromatic heterocycles. The van der Waals surface area contributed by atoms with Crippen LogP contribution in [0.3, 0.4) is 0 Å². The molecule has 0 aliphatic rings. The lowest BCUT2D eigenvalue weighted by Crippen LogP contribution is -2.25. The van der Waals surface area contributed by atoms with E-state index in [-0.39, 0.29) is 12.0 Å². The molecule has 0 heterocycles. The normalized spacial score (nSPS) is 12.6. The summed E-state index contributed by atoms with van der Waals surface area (Å²) in [5.41, 5.74) is 4.22. The molecule has 0 aliphatic heterocycles. The number of aliphatic hydroxyl groups is 1. The van der Waals surface area contributed by atoms with E-state index in [0.29, 0.717) is 12.0 Å². The van der Waals surface area contributed by atoms with Crippen molar-refractivity contribution in [2.24, 2.45) is 5.41 Å². The third kappa shape index (κ3) is 5.03. The fraction of sp³-hybridized carbons (Fsp3) is 0.684. The van der Waals surface area contributed by atoms with Crippen molar-refractivity contribution in [3.05, 3.63) is 28.8 Å². The lowest BCUT2D eigenvalue weighted by atomic mass is 9.71. The topological polar surface area (TPSA) is 29.5 Å². The number of hydrogen-bond donors (Lipinski definition) is 1. The van der Waals surface area contributed by atoms with Gasteiger partial charge in [-0.1, -0.05) is 53.7 Å². The highest BCUT2D eigenvalue weighted by molar-refractivity contribution is 5.46. The zero-order valence-corrected chi connectivity index (χ0v) is 14.8. The van der Waals surface area contributed by atoms with E-state index in [0.717, 1.165) is 18.6 Å². The molecular formula is C19H32O2. The van der Waals surface area contributed by atoms with Crippen LogP contribution < -0.4 is 4.74 Å². The quantitative estimate of drug-likeness (QED) is 0.827. The SMILES string of the molecule is CCc1cc(C(C)(C)CC(C)(C)C)cc(C)c1OCCO. The second-order valence-electron chi connectivity index (χ2n) is 7.83. The molecule has 0 saturated heterocycles. The first-order valence-electron chi connectivity index (χ1n) is 7.98. The average molecular weight is 292 g/mol. The van der Waals surface area contributed by atoms with E-state index >= 15 is 0 Å². The molecule has 0 unspecified atom stereocenters. The third-order valence-electron chi connectivity index (χ3n) is 3.82. The minimum Gasteiger partial charge on any atom is -0.491 e. The van der Waals surface area contributed by atoms with Crippen molar-refractivity contribution in [3.8, 4) is 5.75 Å². The molecule has 2 heteroatoms. The van der Waals surface area contributed by atoms with Crippen molar-refractivity contribution < 1.29 is 9.84 Å². The van der Waals surface area contributed by atoms with Crippen LogP contribution in [-0.2, 0) is 11.8 Å². The Morgan fingerprint density at radius 1 is 1.10 bits per heavy atom. The number of ether oxygens (including phenoxy) is 1. The fourth-order valence-electron chi connectivity index (χ4n) is 3.28. The summed E-state index contributed by atoms with van der Waals surface area (Å²) in [7, 11) is 0. The summed E-state index contributed by atoms with van der Waals surface area (Å²) in [6.45, 7) is 16.2. The van der Waals surface area contributed by atoms with Crippen molar-refractivity contribution >= 4 is 0 Å². The molecular weight excluding hydrogens is 260 g/mol. The van der Waals surface area contributed by atoms with Crippen molar-refractivity contribution in [2.75, 3.05) is 13.2 Å². The first kappa shape index (κ1) is 18.0. The van der Waals surface area contributed by atoms with Crippen molar-refractivity contribution in [2.45, 2.75) is 66.7 Å². The van der Waals surface area contributed by atoms with E-state index in [4.69, 9.17) is 9.84 Å². The largest absolute Gasteiger partial charge is 0.491 e. The first-order chi connectivity index (χ1) is 9.60. The number of hydrogen-bond acceptors (Lipinski definition) is 2. The molecule has 0 aliphatic carbocycles. The second-order valence-corrected chi connectivity index (χ2v) is 7.83. The monoisotopic (exact) mass is 292 g/mol. The Kier molecular flexibility index (Phi) is 5.86. The summed E-state index contributed by atoms with van der Waals surface area (Å²) in [4.78, 5) is 0. The van der Waals surface area contributed by atoms with Gasteiger partial charge in [0.1, 0.15) is 12.4 Å². The van der Waals surface area contributed by atoms with Crippen molar-refractivity contribution in [1.29, 1.82) is 0 Å². The van der Waals surface area contributed by atoms with Crippen LogP contribution >= 0.6 is 0 Å². The molecule has 0 radical (unpaired) electrons. The minimum absolute atomic E-state index is 0.0554. The highest BCUT2D eigenvalue weighted by atomic mass is 16.5. The van der Waals surface area contributed by atoms with Gasteiger partial charge in [0.15, 0.2) is 0 Å². The molecule has 1 aromatic carbocycles. The van der Waals surface area contributed by atoms with E-state index in [1.807, 2.05) is 0 Å². The molecule has 0 amide bonds. The van der Waals surface area contributed by atoms with E-state index in [1.165, 1.54) is 16.7 Å². The standard InChI is InChI=1S/C19H32O2/c1-8-15-12-16(19(6,7)13-18(3,4)5)11-14(2)17(15)21-10-9-20/h11-12,20H,8-10,13H2,1-7H3. The fourth-order valence-corrected chi connectivity index (χ4v) is 3.28. The summed E-state index contributed by atoms with van der Waals surface area (Å²) in [5.74, 6) is 0.946. The molecule has 21 heavy (non-hydrogen) atoms. The van der Waals surface area contributed by atoms with Gasteiger partial charge in [0, 0.05) is 0 Å². The number of benzene rings is 1. The highest BCUT2D eigenvalue weighted by Crippen LogP contribution is 2.39. The maximum absolute atomic E-state index is 8.97. The molecule has 0 saturated carbocycles. The van der Waals surface area contributed by atoms with Crippen LogP contribution in [0.4, 0.5) is 0 Å². The van der Waals surface area contributed by atoms with E-state index in [9.17, 15) is 0 Å². The van der Waals surface area contributed by atoms with Crippen LogP contribution in [-0.4, -0.2) is 18.3 Å². The number of aryl methyl sites for hydroxylation is 2.